The van der Waals surface area contributed by atoms with Crippen molar-refractivity contribution in [1.29, 1.82) is 5.26 Å². The van der Waals surface area contributed by atoms with Crippen molar-refractivity contribution in [2.75, 3.05) is 12.4 Å². The van der Waals surface area contributed by atoms with Crippen LogP contribution in [-0.4, -0.2) is 18.1 Å². The number of carbonyl (C=O) groups is 1. The number of rotatable bonds is 3. The number of methoxy groups -OCH3 is 1. The number of nitrogens with one attached hydrogen (secondary N) is 1. The molecule has 0 saturated carbocycles. The molecule has 3 rings (SSSR count). The molecule has 0 bridgehead atoms. The predicted molar refractivity (Wildman–Crippen MR) is 92.3 cm³/mol. The molecule has 5 heteroatoms. The van der Waals surface area contributed by atoms with Crippen molar-refractivity contribution in [3.05, 3.63) is 65.4 Å². The number of aryl methyl sites for hydroxylation is 1. The van der Waals surface area contributed by atoms with Crippen molar-refractivity contribution >= 4 is 28.2 Å². The number of carbonyl (C=O) groups excluding carboxylic acids is 1. The smallest absolute Gasteiger partial charge is 0.337 e. The molecule has 0 fully saturated rings. The number of pyridine rings is 1. The fourth-order valence-corrected chi connectivity index (χ4v) is 2.48. The predicted octanol–water partition coefficient (Wildman–Crippen LogP) is 3.95. The zero-order valence-corrected chi connectivity index (χ0v) is 13.3. The maximum atomic E-state index is 11.5. The second kappa shape index (κ2) is 6.39. The van der Waals surface area contributed by atoms with E-state index in [1.165, 1.54) is 7.11 Å². The van der Waals surface area contributed by atoms with Gasteiger partial charge in [0.05, 0.1) is 29.4 Å². The SMILES string of the molecule is COC(=O)c1ccc(Nc2c(C#N)cnc3ccc(C)cc23)cc1. The largest absolute Gasteiger partial charge is 0.465 e. The lowest BCUT2D eigenvalue weighted by atomic mass is 10.1. The van der Waals surface area contributed by atoms with Crippen LogP contribution in [0.2, 0.25) is 0 Å². The van der Waals surface area contributed by atoms with E-state index >= 15 is 0 Å². The highest BCUT2D eigenvalue weighted by molar-refractivity contribution is 5.96. The molecule has 0 amide bonds. The van der Waals surface area contributed by atoms with Gasteiger partial charge in [0, 0.05) is 17.3 Å². The molecule has 1 heterocycles. The lowest BCUT2D eigenvalue weighted by Crippen LogP contribution is -2.01. The number of fused-ring (bicyclic) bond motifs is 1. The van der Waals surface area contributed by atoms with Gasteiger partial charge >= 0.3 is 5.97 Å². The van der Waals surface area contributed by atoms with Gasteiger partial charge in [-0.1, -0.05) is 11.6 Å². The minimum atomic E-state index is -0.385. The molecular weight excluding hydrogens is 302 g/mol. The average Bonchev–Trinajstić information content (AvgIpc) is 2.62. The Kier molecular flexibility index (Phi) is 4.13. The summed E-state index contributed by atoms with van der Waals surface area (Å²) in [5.74, 6) is -0.385. The number of ether oxygens (including phenoxy) is 1. The average molecular weight is 317 g/mol. The Hall–Kier alpha value is -3.39. The van der Waals surface area contributed by atoms with Crippen LogP contribution in [0.15, 0.2) is 48.7 Å². The number of benzene rings is 2. The molecule has 0 aliphatic rings. The topological polar surface area (TPSA) is 75.0 Å². The molecule has 3 aromatic rings. The maximum Gasteiger partial charge on any atom is 0.337 e. The molecule has 0 atom stereocenters. The first kappa shape index (κ1) is 15.5. The molecule has 0 saturated heterocycles. The van der Waals surface area contributed by atoms with Crippen LogP contribution < -0.4 is 5.32 Å². The quantitative estimate of drug-likeness (QED) is 0.740. The van der Waals surface area contributed by atoms with E-state index < -0.39 is 0 Å². The Morgan fingerprint density at radius 2 is 1.96 bits per heavy atom. The summed E-state index contributed by atoms with van der Waals surface area (Å²) in [6, 6.07) is 15.0. The minimum Gasteiger partial charge on any atom is -0.465 e. The van der Waals surface area contributed by atoms with Gasteiger partial charge in [-0.3, -0.25) is 4.98 Å². The van der Waals surface area contributed by atoms with E-state index in [9.17, 15) is 10.1 Å². The molecule has 0 aliphatic heterocycles. The van der Waals surface area contributed by atoms with E-state index in [0.29, 0.717) is 16.8 Å². The molecule has 0 unspecified atom stereocenters. The van der Waals surface area contributed by atoms with E-state index in [1.54, 1.807) is 30.5 Å². The Balaban J connectivity index is 2.04. The summed E-state index contributed by atoms with van der Waals surface area (Å²) in [4.78, 5) is 15.8. The molecule has 1 N–H and O–H groups in total. The van der Waals surface area contributed by atoms with Crippen molar-refractivity contribution in [3.63, 3.8) is 0 Å². The number of aromatic nitrogens is 1. The van der Waals surface area contributed by atoms with Gasteiger partial charge in [0.2, 0.25) is 0 Å². The van der Waals surface area contributed by atoms with Crippen LogP contribution in [0.3, 0.4) is 0 Å². The first-order valence-electron chi connectivity index (χ1n) is 7.37. The van der Waals surface area contributed by atoms with E-state index in [1.807, 2.05) is 25.1 Å². The molecule has 0 spiro atoms. The third-order valence-electron chi connectivity index (χ3n) is 3.72. The minimum absolute atomic E-state index is 0.385. The summed E-state index contributed by atoms with van der Waals surface area (Å²) >= 11 is 0. The molecule has 118 valence electrons. The van der Waals surface area contributed by atoms with Crippen LogP contribution in [0.5, 0.6) is 0 Å². The Morgan fingerprint density at radius 3 is 2.62 bits per heavy atom. The van der Waals surface area contributed by atoms with Gasteiger partial charge in [-0.25, -0.2) is 4.79 Å². The molecule has 0 aliphatic carbocycles. The van der Waals surface area contributed by atoms with Crippen LogP contribution in [0.25, 0.3) is 10.9 Å². The molecule has 1 aromatic heterocycles. The highest BCUT2D eigenvalue weighted by Gasteiger charge is 2.10. The fourth-order valence-electron chi connectivity index (χ4n) is 2.48. The number of nitriles is 1. The number of hydrogen-bond donors (Lipinski definition) is 1. The fraction of sp³-hybridized carbons (Fsp3) is 0.105. The second-order valence-electron chi connectivity index (χ2n) is 5.37. The Morgan fingerprint density at radius 1 is 1.21 bits per heavy atom. The summed E-state index contributed by atoms with van der Waals surface area (Å²) in [7, 11) is 1.35. The highest BCUT2D eigenvalue weighted by Crippen LogP contribution is 2.29. The Bertz CT molecular complexity index is 957. The first-order chi connectivity index (χ1) is 11.6. The second-order valence-corrected chi connectivity index (χ2v) is 5.37. The van der Waals surface area contributed by atoms with E-state index in [0.717, 1.165) is 22.2 Å². The van der Waals surface area contributed by atoms with Crippen LogP contribution in [-0.2, 0) is 4.74 Å². The Labute approximate surface area is 139 Å². The summed E-state index contributed by atoms with van der Waals surface area (Å²) in [6.07, 6.45) is 1.56. The zero-order chi connectivity index (χ0) is 17.1. The van der Waals surface area contributed by atoms with Crippen LogP contribution in [0, 0.1) is 18.3 Å². The first-order valence-corrected chi connectivity index (χ1v) is 7.37. The number of anilines is 2. The van der Waals surface area contributed by atoms with Gasteiger partial charge in [-0.2, -0.15) is 5.26 Å². The molecule has 0 radical (unpaired) electrons. The molecule has 24 heavy (non-hydrogen) atoms. The standard InChI is InChI=1S/C19H15N3O2/c1-12-3-8-17-16(9-12)18(14(10-20)11-21-17)22-15-6-4-13(5-7-15)19(23)24-2/h3-9,11H,1-2H3,(H,21,22). The van der Waals surface area contributed by atoms with E-state index in [2.05, 4.69) is 16.4 Å². The van der Waals surface area contributed by atoms with E-state index in [4.69, 9.17) is 4.74 Å². The number of esters is 1. The summed E-state index contributed by atoms with van der Waals surface area (Å²) in [5.41, 5.74) is 4.31. The normalized spacial score (nSPS) is 10.2. The van der Waals surface area contributed by atoms with Gasteiger partial charge in [0.15, 0.2) is 0 Å². The molecule has 5 nitrogen and oxygen atoms in total. The third-order valence-corrected chi connectivity index (χ3v) is 3.72. The van der Waals surface area contributed by atoms with Crippen molar-refractivity contribution in [1.82, 2.24) is 4.98 Å². The van der Waals surface area contributed by atoms with Gasteiger partial charge in [0.25, 0.3) is 0 Å². The van der Waals surface area contributed by atoms with Crippen LogP contribution >= 0.6 is 0 Å². The van der Waals surface area contributed by atoms with Crippen molar-refractivity contribution in [2.45, 2.75) is 6.92 Å². The van der Waals surface area contributed by atoms with Gasteiger partial charge in [-0.15, -0.1) is 0 Å². The number of hydrogen-bond acceptors (Lipinski definition) is 5. The molecule has 2 aromatic carbocycles. The summed E-state index contributed by atoms with van der Waals surface area (Å²) in [5, 5.41) is 13.5. The third kappa shape index (κ3) is 2.90. The summed E-state index contributed by atoms with van der Waals surface area (Å²) < 4.78 is 4.69. The van der Waals surface area contributed by atoms with E-state index in [-0.39, 0.29) is 5.97 Å². The van der Waals surface area contributed by atoms with Crippen molar-refractivity contribution in [2.24, 2.45) is 0 Å². The van der Waals surface area contributed by atoms with Crippen LogP contribution in [0.4, 0.5) is 11.4 Å². The zero-order valence-electron chi connectivity index (χ0n) is 13.3. The summed E-state index contributed by atoms with van der Waals surface area (Å²) in [6.45, 7) is 1.99. The maximum absolute atomic E-state index is 11.5. The van der Waals surface area contributed by atoms with Crippen LogP contribution in [0.1, 0.15) is 21.5 Å². The van der Waals surface area contributed by atoms with Gasteiger partial charge in [-0.05, 0) is 43.3 Å². The van der Waals surface area contributed by atoms with Gasteiger partial charge < -0.3 is 10.1 Å². The molecular formula is C19H15N3O2. The van der Waals surface area contributed by atoms with Crippen molar-refractivity contribution in [3.8, 4) is 6.07 Å². The van der Waals surface area contributed by atoms with Gasteiger partial charge in [0.1, 0.15) is 6.07 Å². The lowest BCUT2D eigenvalue weighted by Gasteiger charge is -2.12. The number of nitrogens with zero attached hydrogens (tertiary/aromatic N) is 2. The lowest BCUT2D eigenvalue weighted by molar-refractivity contribution is 0.0601. The van der Waals surface area contributed by atoms with Crippen molar-refractivity contribution < 1.29 is 9.53 Å². The highest BCUT2D eigenvalue weighted by atomic mass is 16.5. The monoisotopic (exact) mass is 317 g/mol.